The fraction of sp³-hybridized carbons (Fsp3) is 0.700. The highest BCUT2D eigenvalue weighted by atomic mass is 16.4. The Bertz CT molecular complexity index is 345. The lowest BCUT2D eigenvalue weighted by Crippen LogP contribution is -2.36. The second-order valence-electron chi connectivity index (χ2n) is 4.47. The molecule has 3 rings (SSSR count). The van der Waals surface area contributed by atoms with Crippen molar-refractivity contribution in [2.24, 2.45) is 0 Å². The third-order valence-electron chi connectivity index (χ3n) is 3.61. The van der Waals surface area contributed by atoms with Gasteiger partial charge in [-0.3, -0.25) is 0 Å². The average molecular weight is 193 g/mol. The van der Waals surface area contributed by atoms with Crippen molar-refractivity contribution in [1.29, 1.82) is 0 Å². The van der Waals surface area contributed by atoms with Crippen LogP contribution in [0.25, 0.3) is 0 Å². The number of nitrogens with zero attached hydrogens (tertiary/aromatic N) is 2. The monoisotopic (exact) mass is 193 g/mol. The van der Waals surface area contributed by atoms with Gasteiger partial charge in [-0.1, -0.05) is 0 Å². The maximum absolute atomic E-state index is 5.52. The predicted octanol–water partition coefficient (Wildman–Crippen LogP) is 0.994. The molecule has 0 spiro atoms. The normalized spacial score (nSPS) is 36.1. The number of nitrogens with two attached hydrogens (primary N) is 1. The van der Waals surface area contributed by atoms with Gasteiger partial charge < -0.3 is 15.1 Å². The minimum absolute atomic E-state index is 0.225. The lowest BCUT2D eigenvalue weighted by Gasteiger charge is -2.31. The van der Waals surface area contributed by atoms with Crippen molar-refractivity contribution in [2.75, 3.05) is 25.4 Å². The van der Waals surface area contributed by atoms with Gasteiger partial charge in [0.15, 0.2) is 0 Å². The van der Waals surface area contributed by atoms with Crippen LogP contribution in [-0.2, 0) is 5.41 Å². The lowest BCUT2D eigenvalue weighted by atomic mass is 9.79. The Morgan fingerprint density at radius 3 is 3.14 bits per heavy atom. The second-order valence-corrected chi connectivity index (χ2v) is 4.47. The minimum Gasteiger partial charge on any atom is -0.428 e. The summed E-state index contributed by atoms with van der Waals surface area (Å²) in [7, 11) is 0. The summed E-state index contributed by atoms with van der Waals surface area (Å²) in [5, 5.41) is 0. The average Bonchev–Trinajstić information content (AvgIpc) is 2.73. The number of hydrogen-bond donors (Lipinski definition) is 1. The molecule has 1 aromatic rings. The van der Waals surface area contributed by atoms with Crippen LogP contribution in [0, 0.1) is 0 Å². The molecule has 2 aliphatic heterocycles. The zero-order chi connectivity index (χ0) is 9.60. The molecule has 2 aliphatic rings. The number of oxazole rings is 1. The predicted molar refractivity (Wildman–Crippen MR) is 52.9 cm³/mol. The van der Waals surface area contributed by atoms with E-state index in [1.54, 1.807) is 0 Å². The standard InChI is InChI=1S/C10H15N3O/c11-9-12-6-8(14-9)10-2-1-4-13(7-10)5-3-10/h6H,1-5,7H2,(H2,11,12). The molecule has 0 aliphatic carbocycles. The van der Waals surface area contributed by atoms with Crippen molar-refractivity contribution >= 4 is 6.01 Å². The highest BCUT2D eigenvalue weighted by Gasteiger charge is 2.44. The molecule has 2 fully saturated rings. The number of anilines is 1. The molecule has 2 atom stereocenters. The van der Waals surface area contributed by atoms with Crippen molar-refractivity contribution in [3.63, 3.8) is 0 Å². The van der Waals surface area contributed by atoms with Crippen molar-refractivity contribution in [1.82, 2.24) is 9.88 Å². The van der Waals surface area contributed by atoms with Gasteiger partial charge in [-0.2, -0.15) is 0 Å². The number of nitrogen functional groups attached to an aromatic ring is 1. The minimum atomic E-state index is 0.225. The Morgan fingerprint density at radius 1 is 1.43 bits per heavy atom. The molecule has 4 heteroatoms. The van der Waals surface area contributed by atoms with Gasteiger partial charge in [0.1, 0.15) is 5.76 Å². The smallest absolute Gasteiger partial charge is 0.292 e. The Balaban J connectivity index is 1.96. The molecule has 0 amide bonds. The Labute approximate surface area is 83.1 Å². The topological polar surface area (TPSA) is 55.3 Å². The molecular weight excluding hydrogens is 178 g/mol. The Hall–Kier alpha value is -1.03. The summed E-state index contributed by atoms with van der Waals surface area (Å²) >= 11 is 0. The molecule has 4 nitrogen and oxygen atoms in total. The first-order valence-corrected chi connectivity index (χ1v) is 5.23. The molecule has 2 unspecified atom stereocenters. The molecule has 0 saturated carbocycles. The first-order chi connectivity index (χ1) is 6.78. The lowest BCUT2D eigenvalue weighted by molar-refractivity contribution is 0.221. The molecule has 3 heterocycles. The Kier molecular flexibility index (Phi) is 1.62. The van der Waals surface area contributed by atoms with Gasteiger partial charge in [0.2, 0.25) is 0 Å². The first-order valence-electron chi connectivity index (χ1n) is 5.23. The van der Waals surface area contributed by atoms with Crippen LogP contribution in [-0.4, -0.2) is 29.5 Å². The van der Waals surface area contributed by atoms with Gasteiger partial charge in [0, 0.05) is 12.0 Å². The van der Waals surface area contributed by atoms with E-state index in [9.17, 15) is 0 Å². The third-order valence-corrected chi connectivity index (χ3v) is 3.61. The van der Waals surface area contributed by atoms with Gasteiger partial charge in [-0.25, -0.2) is 4.98 Å². The number of aromatic nitrogens is 1. The summed E-state index contributed by atoms with van der Waals surface area (Å²) in [5.74, 6) is 0.997. The van der Waals surface area contributed by atoms with E-state index >= 15 is 0 Å². The van der Waals surface area contributed by atoms with E-state index in [0.717, 1.165) is 12.3 Å². The summed E-state index contributed by atoms with van der Waals surface area (Å²) in [6.45, 7) is 3.56. The summed E-state index contributed by atoms with van der Waals surface area (Å²) in [4.78, 5) is 6.50. The van der Waals surface area contributed by atoms with Gasteiger partial charge in [-0.05, 0) is 32.4 Å². The largest absolute Gasteiger partial charge is 0.428 e. The quantitative estimate of drug-likeness (QED) is 0.722. The van der Waals surface area contributed by atoms with E-state index in [1.807, 2.05) is 6.20 Å². The molecule has 1 aromatic heterocycles. The number of piperidine rings is 1. The van der Waals surface area contributed by atoms with Gasteiger partial charge in [-0.15, -0.1) is 0 Å². The van der Waals surface area contributed by atoms with Crippen molar-refractivity contribution in [3.05, 3.63) is 12.0 Å². The summed E-state index contributed by atoms with van der Waals surface area (Å²) in [6.07, 6.45) is 5.49. The maximum atomic E-state index is 5.52. The van der Waals surface area contributed by atoms with Crippen LogP contribution in [0.15, 0.2) is 10.6 Å². The van der Waals surface area contributed by atoms with E-state index < -0.39 is 0 Å². The van der Waals surface area contributed by atoms with E-state index in [0.29, 0.717) is 6.01 Å². The molecule has 0 radical (unpaired) electrons. The molecular formula is C10H15N3O. The van der Waals surface area contributed by atoms with Crippen LogP contribution in [0.2, 0.25) is 0 Å². The summed E-state index contributed by atoms with van der Waals surface area (Å²) in [6, 6.07) is 0.304. The SMILES string of the molecule is Nc1ncc(C23CCCN(CC2)C3)o1. The zero-order valence-electron chi connectivity index (χ0n) is 8.20. The second kappa shape index (κ2) is 2.73. The van der Waals surface area contributed by atoms with Crippen LogP contribution in [0.3, 0.4) is 0 Å². The van der Waals surface area contributed by atoms with Crippen molar-refractivity contribution in [2.45, 2.75) is 24.7 Å². The number of rotatable bonds is 1. The molecule has 2 bridgehead atoms. The van der Waals surface area contributed by atoms with Gasteiger partial charge in [0.05, 0.1) is 6.20 Å². The molecule has 14 heavy (non-hydrogen) atoms. The highest BCUT2D eigenvalue weighted by molar-refractivity contribution is 5.22. The van der Waals surface area contributed by atoms with Gasteiger partial charge >= 0.3 is 0 Å². The first kappa shape index (κ1) is 8.29. The van der Waals surface area contributed by atoms with E-state index in [4.69, 9.17) is 10.2 Å². The summed E-state index contributed by atoms with van der Waals surface area (Å²) in [5.41, 5.74) is 5.75. The van der Waals surface area contributed by atoms with E-state index in [-0.39, 0.29) is 5.41 Å². The summed E-state index contributed by atoms with van der Waals surface area (Å²) < 4.78 is 5.48. The zero-order valence-corrected chi connectivity index (χ0v) is 8.20. The molecule has 2 N–H and O–H groups in total. The fourth-order valence-corrected chi connectivity index (χ4v) is 2.85. The van der Waals surface area contributed by atoms with Crippen LogP contribution < -0.4 is 5.73 Å². The van der Waals surface area contributed by atoms with Crippen molar-refractivity contribution < 1.29 is 4.42 Å². The van der Waals surface area contributed by atoms with Crippen LogP contribution >= 0.6 is 0 Å². The van der Waals surface area contributed by atoms with Crippen LogP contribution in [0.1, 0.15) is 25.0 Å². The molecule has 0 aromatic carbocycles. The molecule has 76 valence electrons. The van der Waals surface area contributed by atoms with E-state index in [2.05, 4.69) is 9.88 Å². The number of hydrogen-bond acceptors (Lipinski definition) is 4. The third kappa shape index (κ3) is 1.07. The van der Waals surface area contributed by atoms with Crippen molar-refractivity contribution in [3.8, 4) is 0 Å². The van der Waals surface area contributed by atoms with Crippen LogP contribution in [0.4, 0.5) is 6.01 Å². The maximum Gasteiger partial charge on any atom is 0.292 e. The van der Waals surface area contributed by atoms with Crippen LogP contribution in [0.5, 0.6) is 0 Å². The fourth-order valence-electron chi connectivity index (χ4n) is 2.85. The number of fused-ring (bicyclic) bond motifs is 2. The molecule has 2 saturated heterocycles. The Morgan fingerprint density at radius 2 is 2.36 bits per heavy atom. The van der Waals surface area contributed by atoms with Gasteiger partial charge in [0.25, 0.3) is 6.01 Å². The highest BCUT2D eigenvalue weighted by Crippen LogP contribution is 2.42. The van der Waals surface area contributed by atoms with E-state index in [1.165, 1.54) is 32.4 Å².